The van der Waals surface area contributed by atoms with Gasteiger partial charge in [-0.05, 0) is 53.7 Å². The molecule has 4 rings (SSSR count). The molecule has 238 valence electrons. The zero-order valence-electron chi connectivity index (χ0n) is 26.8. The summed E-state index contributed by atoms with van der Waals surface area (Å²) in [7, 11) is -1.38. The zero-order chi connectivity index (χ0) is 31.7. The molecule has 5 atom stereocenters. The maximum Gasteiger partial charge on any atom is 0.261 e. The van der Waals surface area contributed by atoms with Gasteiger partial charge in [-0.2, -0.15) is 0 Å². The number of aliphatic hydroxyl groups is 2. The molecular weight excluding hydrogens is 570 g/mol. The third kappa shape index (κ3) is 7.68. The third-order valence-corrected chi connectivity index (χ3v) is 13.9. The van der Waals surface area contributed by atoms with Gasteiger partial charge in [0.05, 0.1) is 37.0 Å². The molecule has 1 fully saturated rings. The van der Waals surface area contributed by atoms with Crippen molar-refractivity contribution in [1.29, 1.82) is 0 Å². The van der Waals surface area contributed by atoms with E-state index in [1.165, 1.54) is 0 Å². The molecular formula is C36H49NO6Si. The largest absolute Gasteiger partial charge is 0.402 e. The van der Waals surface area contributed by atoms with Crippen LogP contribution in [-0.4, -0.2) is 80.2 Å². The fourth-order valence-electron chi connectivity index (χ4n) is 6.59. The summed E-state index contributed by atoms with van der Waals surface area (Å²) < 4.78 is 17.7. The molecule has 2 N–H and O–H groups in total. The van der Waals surface area contributed by atoms with Crippen LogP contribution < -0.4 is 10.4 Å². The van der Waals surface area contributed by atoms with E-state index in [2.05, 4.69) is 69.3 Å². The second-order valence-corrected chi connectivity index (χ2v) is 17.1. The maximum absolute atomic E-state index is 14.2. The van der Waals surface area contributed by atoms with E-state index in [-0.39, 0.29) is 23.8 Å². The Kier molecular flexibility index (Phi) is 11.9. The molecule has 0 spiro atoms. The van der Waals surface area contributed by atoms with Gasteiger partial charge in [-0.15, -0.1) is 0 Å². The first kappa shape index (κ1) is 34.0. The Labute approximate surface area is 263 Å². The summed E-state index contributed by atoms with van der Waals surface area (Å²) in [6, 6.07) is 29.3. The quantitative estimate of drug-likeness (QED) is 0.163. The van der Waals surface area contributed by atoms with E-state index in [0.29, 0.717) is 37.9 Å². The van der Waals surface area contributed by atoms with E-state index in [0.717, 1.165) is 10.4 Å². The lowest BCUT2D eigenvalue weighted by atomic mass is 9.87. The van der Waals surface area contributed by atoms with Crippen LogP contribution >= 0.6 is 0 Å². The van der Waals surface area contributed by atoms with E-state index in [1.807, 2.05) is 54.3 Å². The van der Waals surface area contributed by atoms with Crippen LogP contribution in [-0.2, 0) is 13.9 Å². The number of rotatable bonds is 13. The summed E-state index contributed by atoms with van der Waals surface area (Å²) in [5.74, 6) is -0.143. The van der Waals surface area contributed by atoms with Crippen molar-refractivity contribution in [2.75, 3.05) is 20.5 Å². The first-order valence-electron chi connectivity index (χ1n) is 15.7. The summed E-state index contributed by atoms with van der Waals surface area (Å²) in [5.41, 5.74) is 0.566. The fourth-order valence-corrected chi connectivity index (χ4v) is 11.4. The molecule has 0 aromatic heterocycles. The number of aliphatic hydroxyl groups excluding tert-OH is 2. The van der Waals surface area contributed by atoms with E-state index in [1.54, 1.807) is 7.11 Å². The van der Waals surface area contributed by atoms with Crippen LogP contribution in [0, 0.1) is 0 Å². The summed E-state index contributed by atoms with van der Waals surface area (Å²) in [6.45, 7) is 9.29. The topological polar surface area (TPSA) is 88.5 Å². The summed E-state index contributed by atoms with van der Waals surface area (Å²) in [6.07, 6.45) is -0.110. The predicted molar refractivity (Wildman–Crippen MR) is 177 cm³/mol. The lowest BCUT2D eigenvalue weighted by Crippen LogP contribution is -2.71. The molecule has 0 saturated carbocycles. The minimum Gasteiger partial charge on any atom is -0.402 e. The standard InChI is InChI=1S/C36H49NO6Si/c1-27-34(43-44(36(2,3)4,30-17-11-7-12-18-30)31-19-13-8-14-20-31)25-33(39)32(22-21-29(38)23-24-42-26-41-5)37(27)35(40)28-15-9-6-10-16-28/h6-20,27,29,32-34,38-39H,21-26H2,1-5H3/t27-,29-,32+,33-,34-/m0/s1. The van der Waals surface area contributed by atoms with Gasteiger partial charge in [-0.25, -0.2) is 0 Å². The van der Waals surface area contributed by atoms with Crippen molar-refractivity contribution in [3.63, 3.8) is 0 Å². The Balaban J connectivity index is 1.69. The van der Waals surface area contributed by atoms with Gasteiger partial charge >= 0.3 is 0 Å². The second-order valence-electron chi connectivity index (χ2n) is 12.8. The average molecular weight is 620 g/mol. The van der Waals surface area contributed by atoms with Crippen LogP contribution in [0.1, 0.15) is 63.7 Å². The molecule has 0 aliphatic carbocycles. The molecule has 3 aromatic rings. The van der Waals surface area contributed by atoms with Crippen LogP contribution in [0.4, 0.5) is 0 Å². The Morgan fingerprint density at radius 2 is 1.48 bits per heavy atom. The van der Waals surface area contributed by atoms with Crippen LogP contribution in [0.3, 0.4) is 0 Å². The molecule has 1 heterocycles. The van der Waals surface area contributed by atoms with E-state index in [4.69, 9.17) is 13.9 Å². The van der Waals surface area contributed by atoms with Gasteiger partial charge in [0.2, 0.25) is 0 Å². The summed E-state index contributed by atoms with van der Waals surface area (Å²) in [5, 5.41) is 24.5. The molecule has 0 radical (unpaired) electrons. The number of carbonyl (C=O) groups excluding carboxylic acids is 1. The minimum absolute atomic E-state index is 0.143. The van der Waals surface area contributed by atoms with Gasteiger partial charge in [-0.3, -0.25) is 4.79 Å². The Morgan fingerprint density at radius 1 is 0.932 bits per heavy atom. The molecule has 44 heavy (non-hydrogen) atoms. The van der Waals surface area contributed by atoms with E-state index in [9.17, 15) is 15.0 Å². The van der Waals surface area contributed by atoms with Crippen molar-refractivity contribution in [2.45, 2.75) is 88.8 Å². The predicted octanol–water partition coefficient (Wildman–Crippen LogP) is 4.75. The van der Waals surface area contributed by atoms with Crippen LogP contribution in [0.5, 0.6) is 0 Å². The second kappa shape index (κ2) is 15.4. The maximum atomic E-state index is 14.2. The molecule has 7 nitrogen and oxygen atoms in total. The third-order valence-electron chi connectivity index (χ3n) is 8.84. The minimum atomic E-state index is -2.95. The summed E-state index contributed by atoms with van der Waals surface area (Å²) in [4.78, 5) is 16.0. The van der Waals surface area contributed by atoms with Crippen LogP contribution in [0.15, 0.2) is 91.0 Å². The molecule has 3 aromatic carbocycles. The van der Waals surface area contributed by atoms with Crippen molar-refractivity contribution < 1.29 is 28.9 Å². The molecule has 1 aliphatic heterocycles. The first-order valence-corrected chi connectivity index (χ1v) is 17.6. The lowest BCUT2D eigenvalue weighted by Gasteiger charge is -2.52. The van der Waals surface area contributed by atoms with Crippen molar-refractivity contribution in [2.24, 2.45) is 0 Å². The number of benzene rings is 3. The average Bonchev–Trinajstić information content (AvgIpc) is 3.03. The van der Waals surface area contributed by atoms with Crippen LogP contribution in [0.2, 0.25) is 5.04 Å². The van der Waals surface area contributed by atoms with Gasteiger partial charge in [0.15, 0.2) is 0 Å². The normalized spacial score (nSPS) is 21.7. The smallest absolute Gasteiger partial charge is 0.261 e. The number of carbonyl (C=O) groups is 1. The van der Waals surface area contributed by atoms with Gasteiger partial charge in [0, 0.05) is 19.1 Å². The molecule has 8 heteroatoms. The zero-order valence-corrected chi connectivity index (χ0v) is 27.8. The Morgan fingerprint density at radius 3 is 2.00 bits per heavy atom. The number of ether oxygens (including phenoxy) is 2. The van der Waals surface area contributed by atoms with Crippen molar-refractivity contribution >= 4 is 24.6 Å². The van der Waals surface area contributed by atoms with Gasteiger partial charge in [0.1, 0.15) is 6.79 Å². The number of piperidine rings is 1. The SMILES string of the molecule is COCOCC[C@@H](O)CC[C@@H]1[C@@H](O)C[C@H](O[Si](c2ccccc2)(c2ccccc2)C(C)(C)C)[C@H](C)N1C(=O)c1ccccc1. The van der Waals surface area contributed by atoms with Gasteiger partial charge in [-0.1, -0.05) is 99.6 Å². The first-order chi connectivity index (χ1) is 21.1. The van der Waals surface area contributed by atoms with Gasteiger partial charge < -0.3 is 29.0 Å². The summed E-state index contributed by atoms with van der Waals surface area (Å²) >= 11 is 0. The highest BCUT2D eigenvalue weighted by atomic mass is 28.4. The number of hydrogen-bond acceptors (Lipinski definition) is 6. The van der Waals surface area contributed by atoms with E-state index >= 15 is 0 Å². The highest BCUT2D eigenvalue weighted by molar-refractivity contribution is 6.99. The molecule has 1 amide bonds. The highest BCUT2D eigenvalue weighted by Gasteiger charge is 2.54. The molecule has 0 unspecified atom stereocenters. The number of nitrogens with zero attached hydrogens (tertiary/aromatic N) is 1. The molecule has 0 bridgehead atoms. The number of likely N-dealkylation sites (tertiary alicyclic amines) is 1. The number of amides is 1. The van der Waals surface area contributed by atoms with Crippen LogP contribution in [0.25, 0.3) is 0 Å². The lowest BCUT2D eigenvalue weighted by molar-refractivity contribution is -0.0679. The van der Waals surface area contributed by atoms with Crippen molar-refractivity contribution in [3.8, 4) is 0 Å². The highest BCUT2D eigenvalue weighted by Crippen LogP contribution is 2.40. The van der Waals surface area contributed by atoms with Crippen molar-refractivity contribution in [3.05, 3.63) is 96.6 Å². The Bertz CT molecular complexity index is 1250. The van der Waals surface area contributed by atoms with Gasteiger partial charge in [0.25, 0.3) is 14.2 Å². The monoisotopic (exact) mass is 619 g/mol. The molecule has 1 saturated heterocycles. The molecule has 1 aliphatic rings. The number of hydrogen-bond donors (Lipinski definition) is 2. The fraction of sp³-hybridized carbons (Fsp3) is 0.472. The Hall–Kier alpha value is -2.85. The number of methoxy groups -OCH3 is 1. The van der Waals surface area contributed by atoms with E-state index < -0.39 is 32.7 Å². The van der Waals surface area contributed by atoms with Crippen molar-refractivity contribution in [1.82, 2.24) is 4.90 Å².